The van der Waals surface area contributed by atoms with Crippen LogP contribution in [-0.2, 0) is 25.8 Å². The summed E-state index contributed by atoms with van der Waals surface area (Å²) in [6, 6.07) is 7.31. The summed E-state index contributed by atoms with van der Waals surface area (Å²) in [5.41, 5.74) is 1.20. The highest BCUT2D eigenvalue weighted by atomic mass is 32.3. The van der Waals surface area contributed by atoms with Gasteiger partial charge >= 0.3 is 16.4 Å². The lowest BCUT2D eigenvalue weighted by Gasteiger charge is -2.10. The maximum atomic E-state index is 11.7. The molecule has 1 aromatic carbocycles. The summed E-state index contributed by atoms with van der Waals surface area (Å²) >= 11 is 0. The van der Waals surface area contributed by atoms with Crippen LogP contribution in [0.25, 0.3) is 0 Å². The molecule has 0 aliphatic rings. The molecule has 0 radical (unpaired) electrons. The summed E-state index contributed by atoms with van der Waals surface area (Å²) in [6.45, 7) is 3.58. The molecule has 0 spiro atoms. The summed E-state index contributed by atoms with van der Waals surface area (Å²) in [6.07, 6.45) is 8.61. The van der Waals surface area contributed by atoms with Crippen molar-refractivity contribution in [2.75, 3.05) is 0 Å². The van der Waals surface area contributed by atoms with E-state index in [1.807, 2.05) is 12.1 Å². The zero-order chi connectivity index (χ0) is 19.4. The second-order valence-corrected chi connectivity index (χ2v) is 7.58. The fourth-order valence-corrected chi connectivity index (χ4v) is 3.14. The van der Waals surface area contributed by atoms with E-state index in [1.165, 1.54) is 51.0 Å². The molecule has 0 amide bonds. The first-order valence-corrected chi connectivity index (χ1v) is 10.6. The van der Waals surface area contributed by atoms with Crippen molar-refractivity contribution in [3.63, 3.8) is 0 Å². The van der Waals surface area contributed by atoms with Crippen LogP contribution in [0.1, 0.15) is 70.8 Å². The fraction of sp³-hybridized carbons (Fsp3) is 0.632. The molecular weight excluding hydrogens is 356 g/mol. The summed E-state index contributed by atoms with van der Waals surface area (Å²) in [7, 11) is -4.57. The van der Waals surface area contributed by atoms with Gasteiger partial charge < -0.3 is 4.74 Å². The molecule has 6 nitrogen and oxygen atoms in total. The van der Waals surface area contributed by atoms with Gasteiger partial charge in [0.2, 0.25) is 0 Å². The minimum absolute atomic E-state index is 0.278. The van der Waals surface area contributed by atoms with Gasteiger partial charge in [0.25, 0.3) is 0 Å². The van der Waals surface area contributed by atoms with E-state index in [0.717, 1.165) is 12.8 Å². The van der Waals surface area contributed by atoms with E-state index < -0.39 is 22.5 Å². The normalized spacial score (nSPS) is 12.7. The van der Waals surface area contributed by atoms with Crippen LogP contribution in [0.4, 0.5) is 0 Å². The molecule has 0 aliphatic carbocycles. The minimum atomic E-state index is -4.57. The van der Waals surface area contributed by atoms with Gasteiger partial charge in [-0.25, -0.2) is 4.18 Å². The highest BCUT2D eigenvalue weighted by Crippen LogP contribution is 2.16. The molecule has 1 unspecified atom stereocenters. The maximum Gasteiger partial charge on any atom is 0.397 e. The molecule has 0 fully saturated rings. The largest absolute Gasteiger partial charge is 0.426 e. The second-order valence-electron chi connectivity index (χ2n) is 6.53. The zero-order valence-corrected chi connectivity index (χ0v) is 16.5. The highest BCUT2D eigenvalue weighted by Gasteiger charge is 2.17. The molecule has 1 atom stereocenters. The van der Waals surface area contributed by atoms with Crippen LogP contribution < -0.4 is 4.74 Å². The van der Waals surface area contributed by atoms with Gasteiger partial charge in [-0.1, -0.05) is 57.6 Å². The molecule has 0 saturated heterocycles. The van der Waals surface area contributed by atoms with Gasteiger partial charge in [0.15, 0.2) is 0 Å². The Balaban J connectivity index is 2.28. The van der Waals surface area contributed by atoms with E-state index >= 15 is 0 Å². The number of benzene rings is 1. The Hall–Kier alpha value is -1.44. The Bertz CT molecular complexity index is 624. The van der Waals surface area contributed by atoms with Crippen LogP contribution in [0.2, 0.25) is 0 Å². The lowest BCUT2D eigenvalue weighted by Crippen LogP contribution is -2.21. The summed E-state index contributed by atoms with van der Waals surface area (Å²) in [4.78, 5) is 11.7. The van der Waals surface area contributed by atoms with Gasteiger partial charge in [0, 0.05) is 0 Å². The van der Waals surface area contributed by atoms with Crippen LogP contribution in [0.3, 0.4) is 0 Å². The smallest absolute Gasteiger partial charge is 0.397 e. The van der Waals surface area contributed by atoms with Crippen molar-refractivity contribution in [1.29, 1.82) is 0 Å². The molecule has 0 bridgehead atoms. The van der Waals surface area contributed by atoms with Gasteiger partial charge in [0.05, 0.1) is 12.5 Å². The Morgan fingerprint density at radius 2 is 1.62 bits per heavy atom. The van der Waals surface area contributed by atoms with Crippen LogP contribution >= 0.6 is 0 Å². The molecule has 0 heterocycles. The van der Waals surface area contributed by atoms with Gasteiger partial charge in [-0.05, 0) is 37.5 Å². The number of aryl methyl sites for hydroxylation is 1. The summed E-state index contributed by atoms with van der Waals surface area (Å²) in [5, 5.41) is 0. The van der Waals surface area contributed by atoms with E-state index in [2.05, 4.69) is 11.1 Å². The molecule has 1 N–H and O–H groups in total. The van der Waals surface area contributed by atoms with Crippen LogP contribution in [0.5, 0.6) is 5.75 Å². The van der Waals surface area contributed by atoms with Crippen molar-refractivity contribution in [2.24, 2.45) is 0 Å². The summed E-state index contributed by atoms with van der Waals surface area (Å²) < 4.78 is 39.1. The van der Waals surface area contributed by atoms with E-state index in [-0.39, 0.29) is 6.42 Å². The summed E-state index contributed by atoms with van der Waals surface area (Å²) in [5.74, 6) is -0.224. The number of hydrogen-bond donors (Lipinski definition) is 1. The average molecular weight is 387 g/mol. The Labute approximate surface area is 156 Å². The van der Waals surface area contributed by atoms with Gasteiger partial charge in [0.1, 0.15) is 5.75 Å². The first-order chi connectivity index (χ1) is 12.3. The number of carbonyl (C=O) groups is 1. The van der Waals surface area contributed by atoms with E-state index in [9.17, 15) is 13.2 Å². The first kappa shape index (κ1) is 22.6. The highest BCUT2D eigenvalue weighted by molar-refractivity contribution is 7.80. The number of ether oxygens (including phenoxy) is 1. The molecule has 26 heavy (non-hydrogen) atoms. The number of hydrogen-bond acceptors (Lipinski definition) is 5. The standard InChI is InChI=1S/C19H30O6S/c1-3-4-5-6-7-8-9-10-17-11-13-18(14-12-17)24-19(20)15-16(2)25-26(21,22)23/h11-14,16H,3-10,15H2,1-2H3,(H,21,22,23). The third kappa shape index (κ3) is 11.2. The van der Waals surface area contributed by atoms with E-state index in [4.69, 9.17) is 9.29 Å². The SMILES string of the molecule is CCCCCCCCCc1ccc(OC(=O)CC(C)OS(=O)(=O)O)cc1. The fourth-order valence-electron chi connectivity index (χ4n) is 2.66. The quantitative estimate of drug-likeness (QED) is 0.233. The average Bonchev–Trinajstić information content (AvgIpc) is 2.53. The Morgan fingerprint density at radius 1 is 1.04 bits per heavy atom. The lowest BCUT2D eigenvalue weighted by atomic mass is 10.0. The number of carbonyl (C=O) groups excluding carboxylic acids is 1. The topological polar surface area (TPSA) is 89.9 Å². The molecule has 0 aromatic heterocycles. The van der Waals surface area contributed by atoms with Crippen molar-refractivity contribution in [1.82, 2.24) is 0 Å². The number of esters is 1. The van der Waals surface area contributed by atoms with Crippen LogP contribution in [0.15, 0.2) is 24.3 Å². The Kier molecular flexibility index (Phi) is 10.5. The van der Waals surface area contributed by atoms with Gasteiger partial charge in [-0.15, -0.1) is 0 Å². The minimum Gasteiger partial charge on any atom is -0.426 e. The Morgan fingerprint density at radius 3 is 2.19 bits per heavy atom. The lowest BCUT2D eigenvalue weighted by molar-refractivity contribution is -0.135. The molecule has 0 saturated carbocycles. The number of unbranched alkanes of at least 4 members (excludes halogenated alkanes) is 6. The molecule has 1 rings (SSSR count). The molecule has 148 valence electrons. The second kappa shape index (κ2) is 12.0. The maximum absolute atomic E-state index is 11.7. The van der Waals surface area contributed by atoms with Crippen molar-refractivity contribution < 1.29 is 26.7 Å². The van der Waals surface area contributed by atoms with Crippen molar-refractivity contribution >= 4 is 16.4 Å². The monoisotopic (exact) mass is 386 g/mol. The van der Waals surface area contributed by atoms with Gasteiger partial charge in [-0.2, -0.15) is 8.42 Å². The predicted molar refractivity (Wildman–Crippen MR) is 100 cm³/mol. The van der Waals surface area contributed by atoms with Crippen LogP contribution in [-0.4, -0.2) is 25.0 Å². The molecule has 7 heteroatoms. The van der Waals surface area contributed by atoms with Crippen molar-refractivity contribution in [2.45, 2.75) is 77.7 Å². The molecule has 0 aliphatic heterocycles. The van der Waals surface area contributed by atoms with Gasteiger partial charge in [-0.3, -0.25) is 9.35 Å². The number of rotatable bonds is 13. The predicted octanol–water partition coefficient (Wildman–Crippen LogP) is 4.48. The van der Waals surface area contributed by atoms with Crippen molar-refractivity contribution in [3.8, 4) is 5.75 Å². The third-order valence-electron chi connectivity index (χ3n) is 3.96. The van der Waals surface area contributed by atoms with E-state index in [0.29, 0.717) is 5.75 Å². The van der Waals surface area contributed by atoms with Crippen LogP contribution in [0, 0.1) is 0 Å². The van der Waals surface area contributed by atoms with E-state index in [1.54, 1.807) is 12.1 Å². The molecule has 1 aromatic rings. The zero-order valence-electron chi connectivity index (χ0n) is 15.6. The third-order valence-corrected chi connectivity index (χ3v) is 4.54. The van der Waals surface area contributed by atoms with Crippen molar-refractivity contribution in [3.05, 3.63) is 29.8 Å². The first-order valence-electron chi connectivity index (χ1n) is 9.25. The molecular formula is C19H30O6S.